The molecule has 1 heterocycles. The molecule has 2 aromatic rings. The molecule has 0 spiro atoms. The van der Waals surface area contributed by atoms with Gasteiger partial charge in [0.05, 0.1) is 6.04 Å². The third kappa shape index (κ3) is 3.52. The van der Waals surface area contributed by atoms with Crippen molar-refractivity contribution in [2.45, 2.75) is 19.5 Å². The Morgan fingerprint density at radius 2 is 2.42 bits per heavy atom. The molecule has 100 valence electrons. The Morgan fingerprint density at radius 3 is 3.11 bits per heavy atom. The lowest BCUT2D eigenvalue weighted by molar-refractivity contribution is 0.318. The standard InChI is InChI=1S/C13H16N4OS/c1-9(13-15-5-6-19-13)16-8-10-3-2-4-11(7-10)12(14)17-18/h2-7,9,16,18H,8H2,1H3,(H2,14,17). The van der Waals surface area contributed by atoms with Crippen molar-refractivity contribution in [3.05, 3.63) is 52.0 Å². The van der Waals surface area contributed by atoms with Crippen LogP contribution in [-0.2, 0) is 6.54 Å². The van der Waals surface area contributed by atoms with Crippen LogP contribution in [0.3, 0.4) is 0 Å². The van der Waals surface area contributed by atoms with Gasteiger partial charge in [0.2, 0.25) is 0 Å². The van der Waals surface area contributed by atoms with E-state index in [4.69, 9.17) is 10.9 Å². The Kier molecular flexibility index (Phi) is 4.48. The monoisotopic (exact) mass is 276 g/mol. The fourth-order valence-corrected chi connectivity index (χ4v) is 2.38. The summed E-state index contributed by atoms with van der Waals surface area (Å²) in [5.74, 6) is 0.120. The van der Waals surface area contributed by atoms with Crippen LogP contribution in [0, 0.1) is 0 Å². The molecule has 1 unspecified atom stereocenters. The number of amidine groups is 1. The van der Waals surface area contributed by atoms with Crippen molar-refractivity contribution in [1.29, 1.82) is 0 Å². The molecule has 19 heavy (non-hydrogen) atoms. The van der Waals surface area contributed by atoms with Crippen LogP contribution in [0.5, 0.6) is 0 Å². The number of thiazole rings is 1. The Hall–Kier alpha value is -1.92. The summed E-state index contributed by atoms with van der Waals surface area (Å²) in [5.41, 5.74) is 7.36. The molecule has 4 N–H and O–H groups in total. The first-order valence-electron chi connectivity index (χ1n) is 5.90. The molecule has 0 bridgehead atoms. The molecule has 2 rings (SSSR count). The van der Waals surface area contributed by atoms with Gasteiger partial charge < -0.3 is 16.3 Å². The van der Waals surface area contributed by atoms with Gasteiger partial charge in [0.15, 0.2) is 5.84 Å². The van der Waals surface area contributed by atoms with Crippen LogP contribution in [-0.4, -0.2) is 16.0 Å². The molecule has 1 aromatic carbocycles. The van der Waals surface area contributed by atoms with Gasteiger partial charge >= 0.3 is 0 Å². The van der Waals surface area contributed by atoms with Crippen molar-refractivity contribution in [3.8, 4) is 0 Å². The van der Waals surface area contributed by atoms with E-state index < -0.39 is 0 Å². The van der Waals surface area contributed by atoms with Gasteiger partial charge in [0.1, 0.15) is 5.01 Å². The van der Waals surface area contributed by atoms with Crippen LogP contribution in [0.4, 0.5) is 0 Å². The highest BCUT2D eigenvalue weighted by Gasteiger charge is 2.07. The van der Waals surface area contributed by atoms with Gasteiger partial charge in [0.25, 0.3) is 0 Å². The lowest BCUT2D eigenvalue weighted by Gasteiger charge is -2.11. The zero-order chi connectivity index (χ0) is 13.7. The molecule has 0 aliphatic carbocycles. The van der Waals surface area contributed by atoms with E-state index in [1.807, 2.05) is 29.6 Å². The van der Waals surface area contributed by atoms with E-state index in [0.717, 1.165) is 10.6 Å². The highest BCUT2D eigenvalue weighted by Crippen LogP contribution is 2.15. The first-order valence-corrected chi connectivity index (χ1v) is 6.78. The van der Waals surface area contributed by atoms with Crippen molar-refractivity contribution in [2.24, 2.45) is 10.9 Å². The summed E-state index contributed by atoms with van der Waals surface area (Å²) in [7, 11) is 0. The number of oxime groups is 1. The molecule has 5 nitrogen and oxygen atoms in total. The largest absolute Gasteiger partial charge is 0.409 e. The summed E-state index contributed by atoms with van der Waals surface area (Å²) < 4.78 is 0. The maximum Gasteiger partial charge on any atom is 0.170 e. The molecule has 6 heteroatoms. The summed E-state index contributed by atoms with van der Waals surface area (Å²) in [5, 5.41) is 18.1. The van der Waals surface area contributed by atoms with Gasteiger partial charge in [-0.1, -0.05) is 23.4 Å². The normalized spacial score (nSPS) is 13.4. The zero-order valence-corrected chi connectivity index (χ0v) is 11.4. The number of nitrogens with two attached hydrogens (primary N) is 1. The Balaban J connectivity index is 2.00. The summed E-state index contributed by atoms with van der Waals surface area (Å²) in [6, 6.07) is 7.79. The minimum Gasteiger partial charge on any atom is -0.409 e. The van der Waals surface area contributed by atoms with Gasteiger partial charge in [-0.05, 0) is 18.6 Å². The summed E-state index contributed by atoms with van der Waals surface area (Å²) in [6.45, 7) is 2.78. The van der Waals surface area contributed by atoms with E-state index in [1.165, 1.54) is 0 Å². The highest BCUT2D eigenvalue weighted by molar-refractivity contribution is 7.09. The van der Waals surface area contributed by atoms with Gasteiger partial charge in [-0.3, -0.25) is 0 Å². The van der Waals surface area contributed by atoms with E-state index in [1.54, 1.807) is 17.5 Å². The van der Waals surface area contributed by atoms with Crippen LogP contribution in [0.15, 0.2) is 41.0 Å². The van der Waals surface area contributed by atoms with E-state index in [0.29, 0.717) is 12.1 Å². The van der Waals surface area contributed by atoms with E-state index in [2.05, 4.69) is 22.4 Å². The maximum atomic E-state index is 8.66. The van der Waals surface area contributed by atoms with Crippen LogP contribution < -0.4 is 11.1 Å². The van der Waals surface area contributed by atoms with Crippen molar-refractivity contribution in [1.82, 2.24) is 10.3 Å². The smallest absolute Gasteiger partial charge is 0.170 e. The molecule has 1 atom stereocenters. The van der Waals surface area contributed by atoms with Crippen molar-refractivity contribution in [3.63, 3.8) is 0 Å². The summed E-state index contributed by atoms with van der Waals surface area (Å²) >= 11 is 1.63. The first-order chi connectivity index (χ1) is 9.20. The van der Waals surface area contributed by atoms with Crippen LogP contribution in [0.2, 0.25) is 0 Å². The Labute approximate surface area is 115 Å². The third-order valence-corrected chi connectivity index (χ3v) is 3.72. The van der Waals surface area contributed by atoms with Gasteiger partial charge in [0, 0.05) is 23.7 Å². The summed E-state index contributed by atoms with van der Waals surface area (Å²) in [4.78, 5) is 4.27. The molecule has 0 saturated heterocycles. The lowest BCUT2D eigenvalue weighted by Crippen LogP contribution is -2.19. The number of hydrogen-bond acceptors (Lipinski definition) is 5. The average molecular weight is 276 g/mol. The molecule has 0 aliphatic heterocycles. The number of hydrogen-bond donors (Lipinski definition) is 3. The second kappa shape index (κ2) is 6.31. The molecular weight excluding hydrogens is 260 g/mol. The molecule has 0 fully saturated rings. The minimum atomic E-state index is 0.120. The molecule has 1 aromatic heterocycles. The van der Waals surface area contributed by atoms with Crippen molar-refractivity contribution < 1.29 is 5.21 Å². The van der Waals surface area contributed by atoms with E-state index in [9.17, 15) is 0 Å². The third-order valence-electron chi connectivity index (χ3n) is 2.76. The quantitative estimate of drug-likeness (QED) is 0.338. The highest BCUT2D eigenvalue weighted by atomic mass is 32.1. The minimum absolute atomic E-state index is 0.120. The molecular formula is C13H16N4OS. The van der Waals surface area contributed by atoms with Crippen molar-refractivity contribution in [2.75, 3.05) is 0 Å². The first kappa shape index (κ1) is 13.5. The summed E-state index contributed by atoms with van der Waals surface area (Å²) in [6.07, 6.45) is 1.80. The number of benzene rings is 1. The second-order valence-electron chi connectivity index (χ2n) is 4.16. The van der Waals surface area contributed by atoms with Gasteiger partial charge in [-0.25, -0.2) is 4.98 Å². The SMILES string of the molecule is CC(NCc1cccc(C(N)=NO)c1)c1nccs1. The van der Waals surface area contributed by atoms with Gasteiger partial charge in [-0.2, -0.15) is 0 Å². The van der Waals surface area contributed by atoms with Gasteiger partial charge in [-0.15, -0.1) is 11.3 Å². The number of nitrogens with one attached hydrogen (secondary N) is 1. The zero-order valence-electron chi connectivity index (χ0n) is 10.6. The molecule has 0 radical (unpaired) electrons. The average Bonchev–Trinajstić information content (AvgIpc) is 2.98. The predicted octanol–water partition coefficient (Wildman–Crippen LogP) is 2.09. The number of aromatic nitrogens is 1. The van der Waals surface area contributed by atoms with Crippen LogP contribution in [0.1, 0.15) is 29.1 Å². The topological polar surface area (TPSA) is 83.5 Å². The lowest BCUT2D eigenvalue weighted by atomic mass is 10.1. The molecule has 0 saturated carbocycles. The van der Waals surface area contributed by atoms with Crippen LogP contribution >= 0.6 is 11.3 Å². The molecule has 0 amide bonds. The Bertz CT molecular complexity index is 554. The number of nitrogens with zero attached hydrogens (tertiary/aromatic N) is 2. The van der Waals surface area contributed by atoms with Crippen LogP contribution in [0.25, 0.3) is 0 Å². The number of rotatable bonds is 5. The maximum absolute atomic E-state index is 8.66. The fraction of sp³-hybridized carbons (Fsp3) is 0.231. The predicted molar refractivity (Wildman–Crippen MR) is 76.3 cm³/mol. The fourth-order valence-electron chi connectivity index (χ4n) is 1.70. The second-order valence-corrected chi connectivity index (χ2v) is 5.08. The van der Waals surface area contributed by atoms with Crippen molar-refractivity contribution >= 4 is 17.2 Å². The Morgan fingerprint density at radius 1 is 1.58 bits per heavy atom. The van der Waals surface area contributed by atoms with E-state index >= 15 is 0 Å². The van der Waals surface area contributed by atoms with E-state index in [-0.39, 0.29) is 11.9 Å². The molecule has 0 aliphatic rings.